The van der Waals surface area contributed by atoms with Crippen molar-refractivity contribution in [3.8, 4) is 0 Å². The summed E-state index contributed by atoms with van der Waals surface area (Å²) in [7, 11) is 0. The number of nitrogens with zero attached hydrogens (tertiary/aromatic N) is 1. The van der Waals surface area contributed by atoms with Gasteiger partial charge in [0, 0.05) is 25.0 Å². The maximum atomic E-state index is 13.1. The van der Waals surface area contributed by atoms with Crippen LogP contribution in [-0.4, -0.2) is 35.8 Å². The Kier molecular flexibility index (Phi) is 6.53. The number of rotatable bonds is 6. The number of hydrogen-bond donors (Lipinski definition) is 2. The fraction of sp³-hybridized carbons (Fsp3) is 0.579. The molecule has 1 fully saturated rings. The van der Waals surface area contributed by atoms with E-state index in [9.17, 15) is 14.0 Å². The normalized spacial score (nSPS) is 22.0. The number of benzene rings is 1. The predicted octanol–water partition coefficient (Wildman–Crippen LogP) is 2.22. The van der Waals surface area contributed by atoms with Crippen LogP contribution >= 0.6 is 0 Å². The highest BCUT2D eigenvalue weighted by molar-refractivity contribution is 5.81. The fourth-order valence-corrected chi connectivity index (χ4v) is 3.44. The third-order valence-corrected chi connectivity index (χ3v) is 4.93. The molecule has 0 bridgehead atoms. The lowest BCUT2D eigenvalue weighted by Gasteiger charge is -2.40. The molecule has 25 heavy (non-hydrogen) atoms. The molecular formula is C19H28FN3O2. The Bertz CT molecular complexity index is 603. The molecule has 6 heteroatoms. The zero-order valence-corrected chi connectivity index (χ0v) is 15.2. The first-order valence-electron chi connectivity index (χ1n) is 8.93. The van der Waals surface area contributed by atoms with E-state index >= 15 is 0 Å². The number of amides is 2. The van der Waals surface area contributed by atoms with Gasteiger partial charge in [0.15, 0.2) is 0 Å². The molecule has 2 amide bonds. The number of hydrogen-bond acceptors (Lipinski definition) is 3. The van der Waals surface area contributed by atoms with Crippen LogP contribution < -0.4 is 11.1 Å². The van der Waals surface area contributed by atoms with Crippen LogP contribution in [0.15, 0.2) is 24.3 Å². The Labute approximate surface area is 148 Å². The summed E-state index contributed by atoms with van der Waals surface area (Å²) in [6.45, 7) is 7.25. The van der Waals surface area contributed by atoms with E-state index in [1.165, 1.54) is 12.1 Å². The number of nitrogens with one attached hydrogen (secondary N) is 1. The van der Waals surface area contributed by atoms with Crippen LogP contribution in [0.4, 0.5) is 4.39 Å². The Hall–Kier alpha value is -1.95. The minimum absolute atomic E-state index is 0.0143. The second-order valence-corrected chi connectivity index (χ2v) is 7.06. The molecule has 138 valence electrons. The lowest BCUT2D eigenvalue weighted by atomic mass is 9.88. The van der Waals surface area contributed by atoms with Crippen LogP contribution in [-0.2, 0) is 9.59 Å². The molecule has 5 nitrogen and oxygen atoms in total. The zero-order chi connectivity index (χ0) is 18.6. The second kappa shape index (κ2) is 8.43. The van der Waals surface area contributed by atoms with Crippen molar-refractivity contribution in [2.45, 2.75) is 45.7 Å². The van der Waals surface area contributed by atoms with E-state index in [1.54, 1.807) is 12.1 Å². The predicted molar refractivity (Wildman–Crippen MR) is 95.1 cm³/mol. The molecule has 0 radical (unpaired) electrons. The minimum atomic E-state index is -0.660. The van der Waals surface area contributed by atoms with Gasteiger partial charge in [0.05, 0.1) is 0 Å². The van der Waals surface area contributed by atoms with Crippen molar-refractivity contribution in [3.63, 3.8) is 0 Å². The van der Waals surface area contributed by atoms with E-state index in [1.807, 2.05) is 18.7 Å². The minimum Gasteiger partial charge on any atom is -0.368 e. The number of piperidine rings is 1. The SMILES string of the molecule is CC[C@@H]1CN(C(=O)C(C)C)CC[C@H]1N[C@@H](C(N)=O)c1ccc(F)cc1. The number of nitrogens with two attached hydrogens (primary N) is 1. The van der Waals surface area contributed by atoms with Crippen molar-refractivity contribution in [1.29, 1.82) is 0 Å². The highest BCUT2D eigenvalue weighted by Gasteiger charge is 2.33. The van der Waals surface area contributed by atoms with Gasteiger partial charge >= 0.3 is 0 Å². The summed E-state index contributed by atoms with van der Waals surface area (Å²) in [4.78, 5) is 26.1. The molecule has 1 aromatic rings. The third-order valence-electron chi connectivity index (χ3n) is 4.93. The van der Waals surface area contributed by atoms with E-state index in [4.69, 9.17) is 5.73 Å². The van der Waals surface area contributed by atoms with Crippen molar-refractivity contribution in [3.05, 3.63) is 35.6 Å². The highest BCUT2D eigenvalue weighted by atomic mass is 19.1. The van der Waals surface area contributed by atoms with Crippen LogP contribution in [0, 0.1) is 17.7 Å². The standard InChI is InChI=1S/C19H28FN3O2/c1-4-13-11-23(19(25)12(2)3)10-9-16(13)22-17(18(21)24)14-5-7-15(20)8-6-14/h5-8,12-13,16-17,22H,4,9-11H2,1-3H3,(H2,21,24)/t13-,16-,17-/m1/s1. The van der Waals surface area contributed by atoms with Gasteiger partial charge in [0.2, 0.25) is 11.8 Å². The first-order valence-corrected chi connectivity index (χ1v) is 8.93. The lowest BCUT2D eigenvalue weighted by molar-refractivity contribution is -0.137. The Balaban J connectivity index is 2.10. The lowest BCUT2D eigenvalue weighted by Crippen LogP contribution is -2.53. The molecule has 0 spiro atoms. The average Bonchev–Trinajstić information content (AvgIpc) is 2.59. The second-order valence-electron chi connectivity index (χ2n) is 7.06. The maximum absolute atomic E-state index is 13.1. The Morgan fingerprint density at radius 2 is 1.96 bits per heavy atom. The smallest absolute Gasteiger partial charge is 0.239 e. The molecule has 2 rings (SSSR count). The summed E-state index contributed by atoms with van der Waals surface area (Å²) < 4.78 is 13.1. The van der Waals surface area contributed by atoms with Gasteiger partial charge in [0.1, 0.15) is 11.9 Å². The summed E-state index contributed by atoms with van der Waals surface area (Å²) in [5.74, 6) is -0.429. The van der Waals surface area contributed by atoms with E-state index in [0.29, 0.717) is 18.7 Å². The van der Waals surface area contributed by atoms with Crippen LogP contribution in [0.25, 0.3) is 0 Å². The monoisotopic (exact) mass is 349 g/mol. The molecule has 1 aliphatic rings. The number of likely N-dealkylation sites (tertiary alicyclic amines) is 1. The first-order chi connectivity index (χ1) is 11.8. The maximum Gasteiger partial charge on any atom is 0.239 e. The van der Waals surface area contributed by atoms with Gasteiger partial charge in [-0.2, -0.15) is 0 Å². The van der Waals surface area contributed by atoms with Gasteiger partial charge < -0.3 is 10.6 Å². The summed E-state index contributed by atoms with van der Waals surface area (Å²) in [5, 5.41) is 3.35. The van der Waals surface area contributed by atoms with Crippen molar-refractivity contribution in [2.24, 2.45) is 17.6 Å². The van der Waals surface area contributed by atoms with E-state index in [-0.39, 0.29) is 29.6 Å². The van der Waals surface area contributed by atoms with Crippen molar-refractivity contribution in [1.82, 2.24) is 10.2 Å². The van der Waals surface area contributed by atoms with Gasteiger partial charge in [-0.1, -0.05) is 39.3 Å². The van der Waals surface area contributed by atoms with Gasteiger partial charge in [-0.3, -0.25) is 14.9 Å². The average molecular weight is 349 g/mol. The largest absolute Gasteiger partial charge is 0.368 e. The quantitative estimate of drug-likeness (QED) is 0.827. The van der Waals surface area contributed by atoms with E-state index in [2.05, 4.69) is 12.2 Å². The van der Waals surface area contributed by atoms with Gasteiger partial charge in [-0.05, 0) is 30.0 Å². The molecule has 1 aliphatic heterocycles. The molecule has 0 saturated carbocycles. The Morgan fingerprint density at radius 1 is 1.32 bits per heavy atom. The first kappa shape index (κ1) is 19.4. The van der Waals surface area contributed by atoms with Gasteiger partial charge in [-0.25, -0.2) is 4.39 Å². The molecule has 1 aromatic carbocycles. The number of primary amides is 1. The van der Waals surface area contributed by atoms with E-state index < -0.39 is 11.9 Å². The zero-order valence-electron chi connectivity index (χ0n) is 15.2. The molecule has 0 unspecified atom stereocenters. The molecular weight excluding hydrogens is 321 g/mol. The molecule has 1 heterocycles. The van der Waals surface area contributed by atoms with Gasteiger partial charge in [-0.15, -0.1) is 0 Å². The van der Waals surface area contributed by atoms with Crippen LogP contribution in [0.1, 0.15) is 45.2 Å². The Morgan fingerprint density at radius 3 is 2.48 bits per heavy atom. The summed E-state index contributed by atoms with van der Waals surface area (Å²) >= 11 is 0. The summed E-state index contributed by atoms with van der Waals surface area (Å²) in [5.41, 5.74) is 6.22. The number of carbonyl (C=O) groups excluding carboxylic acids is 2. The fourth-order valence-electron chi connectivity index (χ4n) is 3.44. The third kappa shape index (κ3) is 4.78. The molecule has 1 saturated heterocycles. The van der Waals surface area contributed by atoms with Crippen molar-refractivity contribution < 1.29 is 14.0 Å². The number of halogens is 1. The molecule has 3 N–H and O–H groups in total. The molecule has 0 aromatic heterocycles. The van der Waals surface area contributed by atoms with Crippen molar-refractivity contribution in [2.75, 3.05) is 13.1 Å². The van der Waals surface area contributed by atoms with Crippen LogP contribution in [0.2, 0.25) is 0 Å². The van der Waals surface area contributed by atoms with Crippen LogP contribution in [0.3, 0.4) is 0 Å². The molecule has 0 aliphatic carbocycles. The highest BCUT2D eigenvalue weighted by Crippen LogP contribution is 2.25. The topological polar surface area (TPSA) is 75.4 Å². The van der Waals surface area contributed by atoms with Gasteiger partial charge in [0.25, 0.3) is 0 Å². The van der Waals surface area contributed by atoms with Crippen molar-refractivity contribution >= 4 is 11.8 Å². The van der Waals surface area contributed by atoms with Crippen LogP contribution in [0.5, 0.6) is 0 Å². The number of carbonyl (C=O) groups is 2. The summed E-state index contributed by atoms with van der Waals surface area (Å²) in [6.07, 6.45) is 1.66. The summed E-state index contributed by atoms with van der Waals surface area (Å²) in [6, 6.07) is 5.24. The van der Waals surface area contributed by atoms with E-state index in [0.717, 1.165) is 12.8 Å². The molecule has 3 atom stereocenters.